The molecule has 0 aromatic heterocycles. The number of carbonyl (C=O) groups excluding carboxylic acids is 1. The lowest BCUT2D eigenvalue weighted by Gasteiger charge is -2.36. The van der Waals surface area contributed by atoms with Gasteiger partial charge in [0.05, 0.1) is 6.04 Å². The van der Waals surface area contributed by atoms with E-state index >= 15 is 0 Å². The van der Waals surface area contributed by atoms with Crippen LogP contribution in [-0.4, -0.2) is 56.1 Å². The van der Waals surface area contributed by atoms with Gasteiger partial charge in [-0.25, -0.2) is 4.39 Å². The third-order valence-corrected chi connectivity index (χ3v) is 4.35. The zero-order chi connectivity index (χ0) is 17.5. The fourth-order valence-electron chi connectivity index (χ4n) is 2.96. The van der Waals surface area contributed by atoms with E-state index in [0.29, 0.717) is 18.9 Å². The molecule has 24 heavy (non-hydrogen) atoms. The molecular formula is C18H29FN4O. The molecule has 1 saturated heterocycles. The van der Waals surface area contributed by atoms with Gasteiger partial charge in [0.15, 0.2) is 0 Å². The minimum Gasteiger partial charge on any atom is -0.369 e. The fourth-order valence-corrected chi connectivity index (χ4v) is 2.96. The topological polar surface area (TPSA) is 61.6 Å². The molecule has 1 atom stereocenters. The summed E-state index contributed by atoms with van der Waals surface area (Å²) in [5.41, 5.74) is 6.93. The number of anilines is 1. The number of benzene rings is 1. The van der Waals surface area contributed by atoms with Gasteiger partial charge in [0.2, 0.25) is 5.91 Å². The Balaban J connectivity index is 1.66. The summed E-state index contributed by atoms with van der Waals surface area (Å²) in [4.78, 5) is 16.5. The third-order valence-electron chi connectivity index (χ3n) is 4.35. The molecule has 0 bridgehead atoms. The van der Waals surface area contributed by atoms with Crippen LogP contribution in [0.3, 0.4) is 0 Å². The lowest BCUT2D eigenvalue weighted by molar-refractivity contribution is -0.122. The Kier molecular flexibility index (Phi) is 6.99. The smallest absolute Gasteiger partial charge is 0.236 e. The highest BCUT2D eigenvalue weighted by Gasteiger charge is 2.18. The molecule has 1 aromatic carbocycles. The maximum Gasteiger partial charge on any atom is 0.236 e. The van der Waals surface area contributed by atoms with Crippen LogP contribution < -0.4 is 16.0 Å². The molecule has 1 aliphatic rings. The molecule has 1 heterocycles. The summed E-state index contributed by atoms with van der Waals surface area (Å²) in [6.45, 7) is 9.27. The average molecular weight is 336 g/mol. The van der Waals surface area contributed by atoms with Gasteiger partial charge in [-0.2, -0.15) is 0 Å². The minimum absolute atomic E-state index is 0.0614. The number of hydrogen-bond acceptors (Lipinski definition) is 4. The van der Waals surface area contributed by atoms with Crippen molar-refractivity contribution in [2.24, 2.45) is 11.7 Å². The molecule has 1 aliphatic heterocycles. The van der Waals surface area contributed by atoms with Gasteiger partial charge in [0.25, 0.3) is 0 Å². The summed E-state index contributed by atoms with van der Waals surface area (Å²) in [7, 11) is 0. The Morgan fingerprint density at radius 3 is 2.42 bits per heavy atom. The molecule has 2 rings (SSSR count). The first kappa shape index (κ1) is 18.7. The number of hydrogen-bond donors (Lipinski definition) is 2. The highest BCUT2D eigenvalue weighted by Crippen LogP contribution is 2.16. The van der Waals surface area contributed by atoms with Gasteiger partial charge in [-0.05, 0) is 36.6 Å². The van der Waals surface area contributed by atoms with Gasteiger partial charge < -0.3 is 16.0 Å². The van der Waals surface area contributed by atoms with Crippen molar-refractivity contribution >= 4 is 11.6 Å². The number of nitrogens with two attached hydrogens (primary N) is 1. The van der Waals surface area contributed by atoms with Gasteiger partial charge in [-0.1, -0.05) is 13.8 Å². The van der Waals surface area contributed by atoms with Crippen molar-refractivity contribution in [1.82, 2.24) is 10.2 Å². The normalized spacial score (nSPS) is 17.1. The van der Waals surface area contributed by atoms with Crippen LogP contribution >= 0.6 is 0 Å². The van der Waals surface area contributed by atoms with Gasteiger partial charge in [-0.15, -0.1) is 0 Å². The Bertz CT molecular complexity index is 512. The van der Waals surface area contributed by atoms with E-state index in [2.05, 4.69) is 29.0 Å². The summed E-state index contributed by atoms with van der Waals surface area (Å²) >= 11 is 0. The largest absolute Gasteiger partial charge is 0.369 e. The van der Waals surface area contributed by atoms with Crippen molar-refractivity contribution in [3.63, 3.8) is 0 Å². The van der Waals surface area contributed by atoms with E-state index in [1.807, 2.05) is 12.1 Å². The van der Waals surface area contributed by atoms with E-state index in [4.69, 9.17) is 5.73 Å². The summed E-state index contributed by atoms with van der Waals surface area (Å²) in [5, 5.41) is 2.92. The Hall–Kier alpha value is -1.66. The molecule has 0 saturated carbocycles. The number of piperazine rings is 1. The number of rotatable bonds is 7. The Morgan fingerprint density at radius 2 is 1.83 bits per heavy atom. The molecule has 134 valence electrons. The van der Waals surface area contributed by atoms with E-state index in [0.717, 1.165) is 38.4 Å². The predicted molar refractivity (Wildman–Crippen MR) is 95.5 cm³/mol. The molecule has 1 amide bonds. The lowest BCUT2D eigenvalue weighted by Crippen LogP contribution is -2.49. The molecule has 0 radical (unpaired) electrons. The van der Waals surface area contributed by atoms with Gasteiger partial charge in [0, 0.05) is 45.0 Å². The van der Waals surface area contributed by atoms with Crippen LogP contribution in [0.2, 0.25) is 0 Å². The molecular weight excluding hydrogens is 307 g/mol. The van der Waals surface area contributed by atoms with Crippen LogP contribution in [0.1, 0.15) is 20.3 Å². The Morgan fingerprint density at radius 1 is 1.21 bits per heavy atom. The molecule has 0 spiro atoms. The number of nitrogens with zero attached hydrogens (tertiary/aromatic N) is 2. The number of nitrogens with one attached hydrogen (secondary N) is 1. The maximum atomic E-state index is 13.0. The third kappa shape index (κ3) is 5.76. The van der Waals surface area contributed by atoms with Crippen LogP contribution in [0, 0.1) is 11.7 Å². The Labute approximate surface area is 144 Å². The maximum absolute atomic E-state index is 13.0. The number of halogens is 1. The van der Waals surface area contributed by atoms with Crippen molar-refractivity contribution in [1.29, 1.82) is 0 Å². The van der Waals surface area contributed by atoms with Crippen LogP contribution in [0.15, 0.2) is 24.3 Å². The van der Waals surface area contributed by atoms with Crippen molar-refractivity contribution in [3.8, 4) is 0 Å². The second-order valence-corrected chi connectivity index (χ2v) is 6.83. The number of carbonyl (C=O) groups is 1. The summed E-state index contributed by atoms with van der Waals surface area (Å²) in [5.74, 6) is 0.155. The molecule has 0 unspecified atom stereocenters. The zero-order valence-corrected chi connectivity index (χ0v) is 14.7. The minimum atomic E-state index is -0.416. The van der Waals surface area contributed by atoms with E-state index in [1.165, 1.54) is 12.1 Å². The van der Waals surface area contributed by atoms with E-state index in [9.17, 15) is 9.18 Å². The van der Waals surface area contributed by atoms with Crippen molar-refractivity contribution in [3.05, 3.63) is 30.1 Å². The zero-order valence-electron chi connectivity index (χ0n) is 14.7. The quantitative estimate of drug-likeness (QED) is 0.791. The average Bonchev–Trinajstić information content (AvgIpc) is 2.55. The second-order valence-electron chi connectivity index (χ2n) is 6.83. The molecule has 1 aromatic rings. The predicted octanol–water partition coefficient (Wildman–Crippen LogP) is 1.44. The lowest BCUT2D eigenvalue weighted by atomic mass is 10.0. The first-order valence-electron chi connectivity index (χ1n) is 8.72. The van der Waals surface area contributed by atoms with E-state index < -0.39 is 6.04 Å². The molecule has 0 aliphatic carbocycles. The first-order chi connectivity index (χ1) is 11.5. The molecule has 1 fully saturated rings. The summed E-state index contributed by atoms with van der Waals surface area (Å²) < 4.78 is 13.0. The van der Waals surface area contributed by atoms with E-state index in [-0.39, 0.29) is 11.7 Å². The highest BCUT2D eigenvalue weighted by molar-refractivity contribution is 5.81. The van der Waals surface area contributed by atoms with E-state index in [1.54, 1.807) is 0 Å². The first-order valence-corrected chi connectivity index (χ1v) is 8.72. The number of amides is 1. The molecule has 3 N–H and O–H groups in total. The van der Waals surface area contributed by atoms with Gasteiger partial charge in [-0.3, -0.25) is 9.69 Å². The van der Waals surface area contributed by atoms with Crippen LogP contribution in [0.5, 0.6) is 0 Å². The van der Waals surface area contributed by atoms with Gasteiger partial charge in [0.1, 0.15) is 5.82 Å². The van der Waals surface area contributed by atoms with Crippen molar-refractivity contribution in [2.75, 3.05) is 44.2 Å². The van der Waals surface area contributed by atoms with Crippen molar-refractivity contribution < 1.29 is 9.18 Å². The van der Waals surface area contributed by atoms with Crippen LogP contribution in [0.4, 0.5) is 10.1 Å². The van der Waals surface area contributed by atoms with Crippen LogP contribution in [-0.2, 0) is 4.79 Å². The monoisotopic (exact) mass is 336 g/mol. The van der Waals surface area contributed by atoms with Crippen molar-refractivity contribution in [2.45, 2.75) is 26.3 Å². The molecule has 6 heteroatoms. The summed E-state index contributed by atoms with van der Waals surface area (Å²) in [6, 6.07) is 6.22. The summed E-state index contributed by atoms with van der Waals surface area (Å²) in [6.07, 6.45) is 0.710. The van der Waals surface area contributed by atoms with Gasteiger partial charge >= 0.3 is 0 Å². The standard InChI is InChI=1S/C18H29FN4O/c1-14(2)13-17(20)18(24)21-7-8-22-9-11-23(12-10-22)16-5-3-15(19)4-6-16/h3-6,14,17H,7-13,20H2,1-2H3,(H,21,24)/t17-/m0/s1. The fraction of sp³-hybridized carbons (Fsp3) is 0.611. The second kappa shape index (κ2) is 8.99. The highest BCUT2D eigenvalue weighted by atomic mass is 19.1. The molecule has 5 nitrogen and oxygen atoms in total. The SMILES string of the molecule is CC(C)C[C@H](N)C(=O)NCCN1CCN(c2ccc(F)cc2)CC1. The van der Waals surface area contributed by atoms with Crippen LogP contribution in [0.25, 0.3) is 0 Å².